The molecular weight excluding hydrogens is 253 g/mol. The summed E-state index contributed by atoms with van der Waals surface area (Å²) in [6, 6.07) is 3.19. The van der Waals surface area contributed by atoms with E-state index in [1.54, 1.807) is 12.1 Å². The van der Waals surface area contributed by atoms with Gasteiger partial charge in [0.2, 0.25) is 0 Å². The van der Waals surface area contributed by atoms with Gasteiger partial charge in [0.05, 0.1) is 20.1 Å². The van der Waals surface area contributed by atoms with Crippen molar-refractivity contribution < 1.29 is 52.8 Å². The maximum Gasteiger partial charge on any atom is 1.00 e. The van der Waals surface area contributed by atoms with Crippen LogP contribution in [0.5, 0.6) is 0 Å². The summed E-state index contributed by atoms with van der Waals surface area (Å²) in [6.45, 7) is 0. The molecule has 0 nitrogen and oxygen atoms in total. The van der Waals surface area contributed by atoms with E-state index in [1.807, 2.05) is 0 Å². The Hall–Kier alpha value is 2.02. The third kappa shape index (κ3) is 3.33. The second-order valence-electron chi connectivity index (χ2n) is 1.66. The van der Waals surface area contributed by atoms with Crippen LogP contribution in [0.1, 0.15) is 1.43 Å². The van der Waals surface area contributed by atoms with Crippen molar-refractivity contribution in [3.63, 3.8) is 0 Å². The third-order valence-electron chi connectivity index (χ3n) is 0.988. The molecule has 56 valence electrons. The summed E-state index contributed by atoms with van der Waals surface area (Å²) in [5.74, 6) is 0. The van der Waals surface area contributed by atoms with Crippen LogP contribution in [0, 0.1) is 0 Å². The van der Waals surface area contributed by atoms with E-state index in [0.717, 1.165) is 0 Å². The largest absolute Gasteiger partial charge is 1.00 e. The average Bonchev–Trinajstić information content (AvgIpc) is 1.93. The van der Waals surface area contributed by atoms with E-state index in [9.17, 15) is 0 Å². The van der Waals surface area contributed by atoms with Crippen LogP contribution in [0.15, 0.2) is 12.1 Å². The maximum atomic E-state index is 5.63. The van der Waals surface area contributed by atoms with Crippen LogP contribution in [0.4, 0.5) is 0 Å². The van der Waals surface area contributed by atoms with Crippen LogP contribution in [-0.4, -0.2) is 0 Å². The zero-order chi connectivity index (χ0) is 7.72. The first-order chi connectivity index (χ1) is 4.63. The quantitative estimate of drug-likeness (QED) is 0.374. The zero-order valence-corrected chi connectivity index (χ0v) is 11.8. The van der Waals surface area contributed by atoms with Gasteiger partial charge in [-0.15, -0.1) is 0 Å². The summed E-state index contributed by atoms with van der Waals surface area (Å²) in [4.78, 5) is 0. The average molecular weight is 256 g/mol. The fourth-order valence-corrected chi connectivity index (χ4v) is 1.24. The van der Waals surface area contributed by atoms with E-state index in [4.69, 9.17) is 46.4 Å². The van der Waals surface area contributed by atoms with Crippen molar-refractivity contribution in [3.8, 4) is 0 Å². The van der Waals surface area contributed by atoms with E-state index < -0.39 is 0 Å². The summed E-state index contributed by atoms with van der Waals surface area (Å²) in [5.41, 5.74) is 0. The zero-order valence-electron chi connectivity index (χ0n) is 6.67. The van der Waals surface area contributed by atoms with Gasteiger partial charge in [0.1, 0.15) is 0 Å². The molecule has 0 heterocycles. The first kappa shape index (κ1) is 13.0. The maximum absolute atomic E-state index is 5.63. The summed E-state index contributed by atoms with van der Waals surface area (Å²) in [5, 5.41) is 1.43. The molecule has 0 N–H and O–H groups in total. The van der Waals surface area contributed by atoms with Crippen LogP contribution in [0.25, 0.3) is 0 Å². The molecule has 1 aromatic carbocycles. The number of rotatable bonds is 0. The topological polar surface area (TPSA) is 0 Å². The first-order valence-electron chi connectivity index (χ1n) is 2.42. The van der Waals surface area contributed by atoms with Crippen LogP contribution < -0.4 is 51.4 Å². The number of hydrogen-bond donors (Lipinski definition) is 0. The molecule has 0 radical (unpaired) electrons. The minimum absolute atomic E-state index is 0. The Morgan fingerprint density at radius 2 is 1.09 bits per heavy atom. The monoisotopic (exact) mass is 254 g/mol. The van der Waals surface area contributed by atoms with Gasteiger partial charge >= 0.3 is 51.4 Å². The summed E-state index contributed by atoms with van der Waals surface area (Å²) < 4.78 is 0. The molecule has 11 heavy (non-hydrogen) atoms. The standard InChI is InChI=1S/C6H2Cl4.K.H/c7-3-1-2-4(8)6(10)5(3)9;;/h1-2H;;/q;+1;-1. The minimum Gasteiger partial charge on any atom is -1.00 e. The molecule has 1 aromatic rings. The second kappa shape index (κ2) is 5.68. The normalized spacial score (nSPS) is 9.09. The van der Waals surface area contributed by atoms with Crippen LogP contribution in [0.2, 0.25) is 20.1 Å². The first-order valence-corrected chi connectivity index (χ1v) is 3.93. The predicted octanol–water partition coefficient (Wildman–Crippen LogP) is 1.42. The molecule has 0 aromatic heterocycles. The molecule has 5 heteroatoms. The van der Waals surface area contributed by atoms with Crippen molar-refractivity contribution in [3.05, 3.63) is 32.2 Å². The van der Waals surface area contributed by atoms with Gasteiger partial charge in [-0.1, -0.05) is 46.4 Å². The Morgan fingerprint density at radius 3 is 1.36 bits per heavy atom. The van der Waals surface area contributed by atoms with E-state index >= 15 is 0 Å². The van der Waals surface area contributed by atoms with Crippen molar-refractivity contribution in [1.82, 2.24) is 0 Å². The van der Waals surface area contributed by atoms with Crippen molar-refractivity contribution in [2.45, 2.75) is 0 Å². The Kier molecular flexibility index (Phi) is 6.73. The number of benzene rings is 1. The van der Waals surface area contributed by atoms with Gasteiger partial charge in [0.15, 0.2) is 0 Å². The van der Waals surface area contributed by atoms with E-state index in [-0.39, 0.29) is 52.8 Å². The molecule has 0 aliphatic heterocycles. The fourth-order valence-electron chi connectivity index (χ4n) is 0.502. The van der Waals surface area contributed by atoms with Crippen LogP contribution in [-0.2, 0) is 0 Å². The van der Waals surface area contributed by atoms with Crippen LogP contribution in [0.3, 0.4) is 0 Å². The summed E-state index contributed by atoms with van der Waals surface area (Å²) in [6.07, 6.45) is 0. The van der Waals surface area contributed by atoms with Gasteiger partial charge in [0, 0.05) is 0 Å². The smallest absolute Gasteiger partial charge is 1.00 e. The number of halogens is 4. The molecule has 0 atom stereocenters. The van der Waals surface area contributed by atoms with Gasteiger partial charge in [-0.25, -0.2) is 0 Å². The fraction of sp³-hybridized carbons (Fsp3) is 0. The Labute approximate surface area is 129 Å². The molecular formula is C6H3Cl4K. The molecule has 0 amide bonds. The molecule has 0 saturated carbocycles. The minimum atomic E-state index is 0. The Balaban J connectivity index is 0. The molecule has 0 fully saturated rings. The van der Waals surface area contributed by atoms with Crippen molar-refractivity contribution in [2.24, 2.45) is 0 Å². The Bertz CT molecular complexity index is 239. The van der Waals surface area contributed by atoms with Gasteiger partial charge in [-0.2, -0.15) is 0 Å². The van der Waals surface area contributed by atoms with Gasteiger partial charge in [-0.05, 0) is 12.1 Å². The predicted molar refractivity (Wildman–Crippen MR) is 47.6 cm³/mol. The summed E-state index contributed by atoms with van der Waals surface area (Å²) in [7, 11) is 0. The SMILES string of the molecule is Clc1ccc(Cl)c(Cl)c1Cl.[H-].[K+]. The molecule has 0 bridgehead atoms. The molecule has 1 rings (SSSR count). The van der Waals surface area contributed by atoms with Crippen molar-refractivity contribution in [2.75, 3.05) is 0 Å². The molecule has 0 aliphatic rings. The summed E-state index contributed by atoms with van der Waals surface area (Å²) >= 11 is 22.5. The van der Waals surface area contributed by atoms with E-state index in [1.165, 1.54) is 0 Å². The Morgan fingerprint density at radius 1 is 0.818 bits per heavy atom. The van der Waals surface area contributed by atoms with Crippen molar-refractivity contribution in [1.29, 1.82) is 0 Å². The van der Waals surface area contributed by atoms with Gasteiger partial charge in [-0.3, -0.25) is 0 Å². The van der Waals surface area contributed by atoms with Crippen LogP contribution >= 0.6 is 46.4 Å². The van der Waals surface area contributed by atoms with E-state index in [0.29, 0.717) is 20.1 Å². The molecule has 0 unspecified atom stereocenters. The van der Waals surface area contributed by atoms with Gasteiger partial charge in [0.25, 0.3) is 0 Å². The van der Waals surface area contributed by atoms with Crippen molar-refractivity contribution >= 4 is 46.4 Å². The molecule has 0 saturated heterocycles. The second-order valence-corrected chi connectivity index (χ2v) is 3.23. The molecule has 0 spiro atoms. The third-order valence-corrected chi connectivity index (χ3v) is 2.69. The number of hydrogen-bond acceptors (Lipinski definition) is 0. The van der Waals surface area contributed by atoms with E-state index in [2.05, 4.69) is 0 Å². The van der Waals surface area contributed by atoms with Gasteiger partial charge < -0.3 is 1.43 Å². The molecule has 0 aliphatic carbocycles.